The number of nitrogens with zero attached hydrogens (tertiary/aromatic N) is 1. The summed E-state index contributed by atoms with van der Waals surface area (Å²) >= 11 is 0. The second-order valence-corrected chi connectivity index (χ2v) is 4.22. The lowest BCUT2D eigenvalue weighted by molar-refractivity contribution is 0.0697. The number of carboxylic acid groups (broad SMARTS) is 1. The molecule has 0 atom stereocenters. The van der Waals surface area contributed by atoms with Crippen molar-refractivity contribution in [3.05, 3.63) is 41.6 Å². The molecule has 2 aromatic rings. The van der Waals surface area contributed by atoms with Crippen molar-refractivity contribution in [2.24, 2.45) is 0 Å². The molecule has 16 heavy (non-hydrogen) atoms. The van der Waals surface area contributed by atoms with Crippen LogP contribution in [0.3, 0.4) is 0 Å². The lowest BCUT2D eigenvalue weighted by Gasteiger charge is -2.02. The summed E-state index contributed by atoms with van der Waals surface area (Å²) in [6.07, 6.45) is 2.46. The van der Waals surface area contributed by atoms with E-state index in [4.69, 9.17) is 5.11 Å². The van der Waals surface area contributed by atoms with Crippen molar-refractivity contribution in [3.8, 4) is 0 Å². The molecule has 1 aromatic carbocycles. The fourth-order valence-electron chi connectivity index (χ4n) is 1.88. The highest BCUT2D eigenvalue weighted by atomic mass is 16.4. The summed E-state index contributed by atoms with van der Waals surface area (Å²) in [5.41, 5.74) is 2.33. The molecule has 1 aliphatic carbocycles. The average molecular weight is 213 g/mol. The highest BCUT2D eigenvalue weighted by Crippen LogP contribution is 2.39. The number of pyridine rings is 1. The van der Waals surface area contributed by atoms with Crippen molar-refractivity contribution in [2.75, 3.05) is 0 Å². The van der Waals surface area contributed by atoms with E-state index in [0.717, 1.165) is 16.6 Å². The van der Waals surface area contributed by atoms with Crippen molar-refractivity contribution >= 4 is 16.9 Å². The van der Waals surface area contributed by atoms with Crippen LogP contribution < -0.4 is 0 Å². The van der Waals surface area contributed by atoms with Crippen LogP contribution in [0.4, 0.5) is 0 Å². The quantitative estimate of drug-likeness (QED) is 0.834. The van der Waals surface area contributed by atoms with E-state index in [-0.39, 0.29) is 0 Å². The maximum atomic E-state index is 10.8. The Morgan fingerprint density at radius 2 is 2.06 bits per heavy atom. The SMILES string of the molecule is O=C(O)c1ccc2nc(C3CC3)ccc2c1. The molecular weight excluding hydrogens is 202 g/mol. The molecule has 0 amide bonds. The molecule has 80 valence electrons. The van der Waals surface area contributed by atoms with Crippen LogP contribution in [0.5, 0.6) is 0 Å². The number of carbonyl (C=O) groups is 1. The van der Waals surface area contributed by atoms with Crippen LogP contribution in [0, 0.1) is 0 Å². The van der Waals surface area contributed by atoms with Crippen LogP contribution in [0.2, 0.25) is 0 Å². The second-order valence-electron chi connectivity index (χ2n) is 4.22. The summed E-state index contributed by atoms with van der Waals surface area (Å²) in [5.74, 6) is -0.267. The zero-order chi connectivity index (χ0) is 11.1. The van der Waals surface area contributed by atoms with Crippen LogP contribution in [0.1, 0.15) is 34.8 Å². The van der Waals surface area contributed by atoms with Crippen molar-refractivity contribution in [2.45, 2.75) is 18.8 Å². The minimum Gasteiger partial charge on any atom is -0.478 e. The van der Waals surface area contributed by atoms with Crippen molar-refractivity contribution < 1.29 is 9.90 Å². The normalized spacial score (nSPS) is 15.2. The highest BCUT2D eigenvalue weighted by Gasteiger charge is 2.24. The van der Waals surface area contributed by atoms with Gasteiger partial charge in [0, 0.05) is 17.0 Å². The van der Waals surface area contributed by atoms with Gasteiger partial charge in [-0.25, -0.2) is 4.79 Å². The van der Waals surface area contributed by atoms with Gasteiger partial charge in [-0.2, -0.15) is 0 Å². The first-order valence-electron chi connectivity index (χ1n) is 5.38. The Morgan fingerprint density at radius 1 is 1.25 bits per heavy atom. The third-order valence-electron chi connectivity index (χ3n) is 2.95. The lowest BCUT2D eigenvalue weighted by atomic mass is 10.1. The molecular formula is C13H11NO2. The molecule has 1 aromatic heterocycles. The highest BCUT2D eigenvalue weighted by molar-refractivity contribution is 5.93. The monoisotopic (exact) mass is 213 g/mol. The molecule has 0 radical (unpaired) electrons. The van der Waals surface area contributed by atoms with Crippen LogP contribution >= 0.6 is 0 Å². The van der Waals surface area contributed by atoms with Gasteiger partial charge in [0.2, 0.25) is 0 Å². The van der Waals surface area contributed by atoms with E-state index in [0.29, 0.717) is 11.5 Å². The van der Waals surface area contributed by atoms with E-state index in [1.165, 1.54) is 12.8 Å². The van der Waals surface area contributed by atoms with Crippen LogP contribution in [0.15, 0.2) is 30.3 Å². The van der Waals surface area contributed by atoms with Crippen LogP contribution in [0.25, 0.3) is 10.9 Å². The number of rotatable bonds is 2. The van der Waals surface area contributed by atoms with Gasteiger partial charge in [0.15, 0.2) is 0 Å². The molecule has 1 heterocycles. The Hall–Kier alpha value is -1.90. The molecule has 1 aliphatic rings. The minimum absolute atomic E-state index is 0.313. The Bertz CT molecular complexity index is 573. The zero-order valence-electron chi connectivity index (χ0n) is 8.68. The topological polar surface area (TPSA) is 50.2 Å². The standard InChI is InChI=1S/C13H11NO2/c15-13(16)10-4-6-12-9(7-10)3-5-11(14-12)8-1-2-8/h3-8H,1-2H2,(H,15,16). The first kappa shape index (κ1) is 9.33. The summed E-state index contributed by atoms with van der Waals surface area (Å²) < 4.78 is 0. The van der Waals surface area contributed by atoms with Crippen molar-refractivity contribution in [1.82, 2.24) is 4.98 Å². The molecule has 0 aliphatic heterocycles. The Kier molecular flexibility index (Phi) is 1.93. The van der Waals surface area contributed by atoms with Gasteiger partial charge in [-0.1, -0.05) is 6.07 Å². The fourth-order valence-corrected chi connectivity index (χ4v) is 1.88. The number of hydrogen-bond donors (Lipinski definition) is 1. The van der Waals surface area contributed by atoms with Gasteiger partial charge in [0.1, 0.15) is 0 Å². The zero-order valence-corrected chi connectivity index (χ0v) is 8.68. The summed E-state index contributed by atoms with van der Waals surface area (Å²) in [5, 5.41) is 9.77. The van der Waals surface area contributed by atoms with E-state index in [1.807, 2.05) is 12.1 Å². The molecule has 0 spiro atoms. The largest absolute Gasteiger partial charge is 0.478 e. The number of benzene rings is 1. The molecule has 3 heteroatoms. The molecule has 3 rings (SSSR count). The Morgan fingerprint density at radius 3 is 2.75 bits per heavy atom. The number of aromatic nitrogens is 1. The van der Waals surface area contributed by atoms with Gasteiger partial charge >= 0.3 is 5.97 Å². The van der Waals surface area contributed by atoms with Gasteiger partial charge in [0.05, 0.1) is 11.1 Å². The van der Waals surface area contributed by atoms with E-state index in [2.05, 4.69) is 4.98 Å². The predicted molar refractivity (Wildman–Crippen MR) is 60.7 cm³/mol. The van der Waals surface area contributed by atoms with E-state index in [9.17, 15) is 4.79 Å². The van der Waals surface area contributed by atoms with E-state index in [1.54, 1.807) is 18.2 Å². The maximum absolute atomic E-state index is 10.8. The Balaban J connectivity index is 2.12. The first-order chi connectivity index (χ1) is 7.74. The van der Waals surface area contributed by atoms with Crippen molar-refractivity contribution in [3.63, 3.8) is 0 Å². The number of hydrogen-bond acceptors (Lipinski definition) is 2. The van der Waals surface area contributed by atoms with Gasteiger partial charge in [-0.3, -0.25) is 4.98 Å². The van der Waals surface area contributed by atoms with E-state index >= 15 is 0 Å². The molecule has 1 fully saturated rings. The number of carboxylic acids is 1. The van der Waals surface area contributed by atoms with Gasteiger partial charge < -0.3 is 5.11 Å². The van der Waals surface area contributed by atoms with E-state index < -0.39 is 5.97 Å². The third kappa shape index (κ3) is 1.54. The molecule has 0 unspecified atom stereocenters. The maximum Gasteiger partial charge on any atom is 0.335 e. The molecule has 1 saturated carbocycles. The number of aromatic carboxylic acids is 1. The summed E-state index contributed by atoms with van der Waals surface area (Å²) in [4.78, 5) is 15.4. The first-order valence-corrected chi connectivity index (χ1v) is 5.38. The summed E-state index contributed by atoms with van der Waals surface area (Å²) in [6, 6.07) is 9.02. The molecule has 1 N–H and O–H groups in total. The smallest absolute Gasteiger partial charge is 0.335 e. The Labute approximate surface area is 92.7 Å². The molecule has 3 nitrogen and oxygen atoms in total. The lowest BCUT2D eigenvalue weighted by Crippen LogP contribution is -1.96. The third-order valence-corrected chi connectivity index (χ3v) is 2.95. The van der Waals surface area contributed by atoms with Gasteiger partial charge in [-0.15, -0.1) is 0 Å². The summed E-state index contributed by atoms with van der Waals surface area (Å²) in [6.45, 7) is 0. The van der Waals surface area contributed by atoms with Crippen LogP contribution in [-0.4, -0.2) is 16.1 Å². The molecule has 0 saturated heterocycles. The predicted octanol–water partition coefficient (Wildman–Crippen LogP) is 2.81. The minimum atomic E-state index is -0.895. The molecule has 0 bridgehead atoms. The average Bonchev–Trinajstić information content (AvgIpc) is 3.11. The van der Waals surface area contributed by atoms with Gasteiger partial charge in [0.25, 0.3) is 0 Å². The van der Waals surface area contributed by atoms with Crippen molar-refractivity contribution in [1.29, 1.82) is 0 Å². The fraction of sp³-hybridized carbons (Fsp3) is 0.231. The second kappa shape index (κ2) is 3.30. The number of fused-ring (bicyclic) bond motifs is 1. The summed E-state index contributed by atoms with van der Waals surface area (Å²) in [7, 11) is 0. The van der Waals surface area contributed by atoms with Gasteiger partial charge in [-0.05, 0) is 37.1 Å². The van der Waals surface area contributed by atoms with Crippen LogP contribution in [-0.2, 0) is 0 Å².